The summed E-state index contributed by atoms with van der Waals surface area (Å²) in [6.07, 6.45) is 0.0307. The molecule has 0 aliphatic carbocycles. The zero-order chi connectivity index (χ0) is 15.7. The fourth-order valence-corrected chi connectivity index (χ4v) is 2.36. The van der Waals surface area contributed by atoms with Crippen molar-refractivity contribution in [2.45, 2.75) is 6.42 Å². The van der Waals surface area contributed by atoms with Gasteiger partial charge in [0.25, 0.3) is 0 Å². The molecule has 0 radical (unpaired) electrons. The highest BCUT2D eigenvalue weighted by Gasteiger charge is 2.17. The van der Waals surface area contributed by atoms with E-state index in [-0.39, 0.29) is 6.42 Å². The Hall–Kier alpha value is -3.02. The van der Waals surface area contributed by atoms with Gasteiger partial charge in [-0.2, -0.15) is 0 Å². The third-order valence-electron chi connectivity index (χ3n) is 3.39. The molecule has 0 amide bonds. The Balaban J connectivity index is 2.02. The highest BCUT2D eigenvalue weighted by atomic mass is 16.5. The van der Waals surface area contributed by atoms with E-state index in [9.17, 15) is 9.59 Å². The van der Waals surface area contributed by atoms with Crippen molar-refractivity contribution in [2.75, 3.05) is 12.8 Å². The average molecular weight is 298 g/mol. The summed E-state index contributed by atoms with van der Waals surface area (Å²) in [7, 11) is 1.53. The second kappa shape index (κ2) is 5.40. The van der Waals surface area contributed by atoms with Crippen molar-refractivity contribution in [1.82, 2.24) is 4.57 Å². The SMILES string of the molecule is COc1ccccc1CC(=O)n1c(=O)oc2cc(N)ccc21. The van der Waals surface area contributed by atoms with Crippen LogP contribution in [0, 0.1) is 0 Å². The Kier molecular flexibility index (Phi) is 3.42. The predicted octanol–water partition coefficient (Wildman–Crippen LogP) is 2.07. The molecule has 6 heteroatoms. The molecule has 2 N–H and O–H groups in total. The van der Waals surface area contributed by atoms with Gasteiger partial charge < -0.3 is 14.9 Å². The second-order valence-electron chi connectivity index (χ2n) is 4.81. The molecule has 3 rings (SSSR count). The molecule has 0 bridgehead atoms. The van der Waals surface area contributed by atoms with Gasteiger partial charge >= 0.3 is 5.76 Å². The highest BCUT2D eigenvalue weighted by molar-refractivity contribution is 5.91. The number of para-hydroxylation sites is 1. The third-order valence-corrected chi connectivity index (χ3v) is 3.39. The maximum Gasteiger partial charge on any atom is 0.426 e. The predicted molar refractivity (Wildman–Crippen MR) is 82.2 cm³/mol. The number of benzene rings is 2. The maximum atomic E-state index is 12.5. The number of fused-ring (bicyclic) bond motifs is 1. The van der Waals surface area contributed by atoms with Crippen LogP contribution in [0.5, 0.6) is 5.75 Å². The molecule has 6 nitrogen and oxygen atoms in total. The number of nitrogens with two attached hydrogens (primary N) is 1. The lowest BCUT2D eigenvalue weighted by atomic mass is 10.1. The van der Waals surface area contributed by atoms with Crippen LogP contribution in [0.3, 0.4) is 0 Å². The minimum Gasteiger partial charge on any atom is -0.496 e. The lowest BCUT2D eigenvalue weighted by Crippen LogP contribution is -2.24. The third kappa shape index (κ3) is 2.35. The van der Waals surface area contributed by atoms with E-state index >= 15 is 0 Å². The molecule has 22 heavy (non-hydrogen) atoms. The molecule has 0 saturated carbocycles. The summed E-state index contributed by atoms with van der Waals surface area (Å²) in [4.78, 5) is 24.4. The van der Waals surface area contributed by atoms with Gasteiger partial charge in [-0.15, -0.1) is 0 Å². The molecule has 0 unspecified atom stereocenters. The van der Waals surface area contributed by atoms with Crippen LogP contribution in [0.2, 0.25) is 0 Å². The largest absolute Gasteiger partial charge is 0.496 e. The molecule has 0 aliphatic heterocycles. The van der Waals surface area contributed by atoms with E-state index in [1.165, 1.54) is 13.2 Å². The molecular formula is C16H14N2O4. The smallest absolute Gasteiger partial charge is 0.426 e. The van der Waals surface area contributed by atoms with Crippen molar-refractivity contribution >= 4 is 22.7 Å². The Morgan fingerprint density at radius 2 is 2.05 bits per heavy atom. The highest BCUT2D eigenvalue weighted by Crippen LogP contribution is 2.20. The van der Waals surface area contributed by atoms with Gasteiger partial charge in [-0.1, -0.05) is 18.2 Å². The van der Waals surface area contributed by atoms with Crippen molar-refractivity contribution in [3.63, 3.8) is 0 Å². The van der Waals surface area contributed by atoms with E-state index in [0.29, 0.717) is 28.1 Å². The minimum atomic E-state index is -0.722. The molecule has 2 aromatic carbocycles. The van der Waals surface area contributed by atoms with E-state index in [0.717, 1.165) is 4.57 Å². The molecule has 1 aromatic heterocycles. The van der Waals surface area contributed by atoms with Crippen LogP contribution in [0.1, 0.15) is 10.4 Å². The average Bonchev–Trinajstić information content (AvgIpc) is 2.82. The summed E-state index contributed by atoms with van der Waals surface area (Å²) in [5.74, 6) is -0.514. The van der Waals surface area contributed by atoms with Crippen LogP contribution in [0.15, 0.2) is 51.7 Å². The monoisotopic (exact) mass is 298 g/mol. The summed E-state index contributed by atoms with van der Waals surface area (Å²) in [6, 6.07) is 11.9. The normalized spacial score (nSPS) is 10.8. The quantitative estimate of drug-likeness (QED) is 0.748. The molecule has 1 heterocycles. The van der Waals surface area contributed by atoms with Crippen molar-refractivity contribution in [3.8, 4) is 5.75 Å². The lowest BCUT2D eigenvalue weighted by molar-refractivity contribution is 0.0909. The Bertz CT molecular complexity index is 908. The second-order valence-corrected chi connectivity index (χ2v) is 4.81. The molecule has 112 valence electrons. The van der Waals surface area contributed by atoms with Gasteiger partial charge in [0.15, 0.2) is 5.58 Å². The molecule has 0 fully saturated rings. The summed E-state index contributed by atoms with van der Waals surface area (Å²) >= 11 is 0. The topological polar surface area (TPSA) is 87.5 Å². The number of nitrogen functional groups attached to an aromatic ring is 1. The molecule has 0 spiro atoms. The summed E-state index contributed by atoms with van der Waals surface area (Å²) in [5, 5.41) is 0. The van der Waals surface area contributed by atoms with Crippen LogP contribution in [0.25, 0.3) is 11.1 Å². The summed E-state index contributed by atoms with van der Waals surface area (Å²) < 4.78 is 11.3. The fourth-order valence-electron chi connectivity index (χ4n) is 2.36. The standard InChI is InChI=1S/C16H14N2O4/c1-21-13-5-3-2-4-10(13)8-15(19)18-12-7-6-11(17)9-14(12)22-16(18)20/h2-7,9H,8,17H2,1H3. The summed E-state index contributed by atoms with van der Waals surface area (Å²) in [6.45, 7) is 0. The number of hydrogen-bond donors (Lipinski definition) is 1. The van der Waals surface area contributed by atoms with Gasteiger partial charge in [0, 0.05) is 17.3 Å². The number of ether oxygens (including phenoxy) is 1. The zero-order valence-corrected chi connectivity index (χ0v) is 11.9. The lowest BCUT2D eigenvalue weighted by Gasteiger charge is -2.07. The first-order valence-electron chi connectivity index (χ1n) is 6.66. The van der Waals surface area contributed by atoms with Crippen molar-refractivity contribution < 1.29 is 13.9 Å². The fraction of sp³-hybridized carbons (Fsp3) is 0.125. The first kappa shape index (κ1) is 13.9. The molecule has 0 saturated heterocycles. The number of hydrogen-bond acceptors (Lipinski definition) is 5. The minimum absolute atomic E-state index is 0.0307. The van der Waals surface area contributed by atoms with Crippen molar-refractivity contribution in [3.05, 3.63) is 58.6 Å². The van der Waals surface area contributed by atoms with Crippen LogP contribution >= 0.6 is 0 Å². The van der Waals surface area contributed by atoms with Gasteiger partial charge in [0.05, 0.1) is 19.0 Å². The number of nitrogens with zero attached hydrogens (tertiary/aromatic N) is 1. The zero-order valence-electron chi connectivity index (χ0n) is 11.9. The van der Waals surface area contributed by atoms with Crippen LogP contribution in [0.4, 0.5) is 5.69 Å². The summed E-state index contributed by atoms with van der Waals surface area (Å²) in [5.41, 5.74) is 7.50. The van der Waals surface area contributed by atoms with E-state index in [2.05, 4.69) is 0 Å². The number of anilines is 1. The van der Waals surface area contributed by atoms with Crippen molar-refractivity contribution in [1.29, 1.82) is 0 Å². The van der Waals surface area contributed by atoms with E-state index in [1.54, 1.807) is 24.3 Å². The van der Waals surface area contributed by atoms with Gasteiger partial charge in [0.1, 0.15) is 5.75 Å². The number of methoxy groups -OCH3 is 1. The Labute approximate surface area is 125 Å². The Morgan fingerprint density at radius 1 is 1.27 bits per heavy atom. The molecule has 3 aromatic rings. The van der Waals surface area contributed by atoms with Gasteiger partial charge in [-0.3, -0.25) is 4.79 Å². The molecular weight excluding hydrogens is 284 g/mol. The first-order chi connectivity index (χ1) is 10.6. The number of rotatable bonds is 3. The number of oxazole rings is 1. The van der Waals surface area contributed by atoms with Gasteiger partial charge in [0.2, 0.25) is 5.91 Å². The van der Waals surface area contributed by atoms with E-state index < -0.39 is 11.7 Å². The van der Waals surface area contributed by atoms with E-state index in [4.69, 9.17) is 14.9 Å². The number of aromatic nitrogens is 1. The van der Waals surface area contributed by atoms with Crippen LogP contribution in [-0.2, 0) is 6.42 Å². The van der Waals surface area contributed by atoms with Crippen molar-refractivity contribution in [2.24, 2.45) is 0 Å². The number of carbonyl (C=O) groups is 1. The molecule has 0 aliphatic rings. The maximum absolute atomic E-state index is 12.5. The first-order valence-corrected chi connectivity index (χ1v) is 6.66. The van der Waals surface area contributed by atoms with Crippen LogP contribution in [-0.4, -0.2) is 17.6 Å². The van der Waals surface area contributed by atoms with Crippen LogP contribution < -0.4 is 16.2 Å². The molecule has 0 atom stereocenters. The number of carbonyl (C=O) groups excluding carboxylic acids is 1. The van der Waals surface area contributed by atoms with E-state index in [1.807, 2.05) is 12.1 Å². The van der Waals surface area contributed by atoms with Gasteiger partial charge in [-0.05, 0) is 18.2 Å². The Morgan fingerprint density at radius 3 is 2.82 bits per heavy atom. The van der Waals surface area contributed by atoms with Gasteiger partial charge in [-0.25, -0.2) is 9.36 Å².